The van der Waals surface area contributed by atoms with Crippen LogP contribution in [0.25, 0.3) is 5.69 Å². The van der Waals surface area contributed by atoms with Crippen LogP contribution in [0.3, 0.4) is 0 Å². The predicted octanol–water partition coefficient (Wildman–Crippen LogP) is 3.07. The first-order chi connectivity index (χ1) is 11.7. The van der Waals surface area contributed by atoms with Crippen molar-refractivity contribution in [1.29, 1.82) is 0 Å². The number of rotatable bonds is 7. The number of nitrogens with one attached hydrogen (secondary N) is 1. The second kappa shape index (κ2) is 9.50. The molecular formula is C18H24N4O2. The van der Waals surface area contributed by atoms with Crippen LogP contribution in [0, 0.1) is 0 Å². The molecule has 2 aromatic rings. The fourth-order valence-electron chi connectivity index (χ4n) is 2.04. The first kappa shape index (κ1) is 17.7. The van der Waals surface area contributed by atoms with E-state index in [1.54, 1.807) is 16.9 Å². The smallest absolute Gasteiger partial charge is 0.341 e. The zero-order valence-corrected chi connectivity index (χ0v) is 14.2. The van der Waals surface area contributed by atoms with Crippen molar-refractivity contribution >= 4 is 6.03 Å². The van der Waals surface area contributed by atoms with E-state index in [0.29, 0.717) is 24.4 Å². The molecule has 0 aliphatic rings. The molecule has 0 spiro atoms. The molecule has 6 nitrogen and oxygen atoms in total. The molecule has 1 heterocycles. The van der Waals surface area contributed by atoms with Gasteiger partial charge in [0.15, 0.2) is 0 Å². The number of carbonyl (C=O) groups is 1. The number of nitrogens with zero attached hydrogens (tertiary/aromatic N) is 3. The van der Waals surface area contributed by atoms with Crippen LogP contribution >= 0.6 is 0 Å². The summed E-state index contributed by atoms with van der Waals surface area (Å²) in [4.78, 5) is 15.8. The van der Waals surface area contributed by atoms with Gasteiger partial charge in [-0.1, -0.05) is 38.5 Å². The fraction of sp³-hybridized carbons (Fsp3) is 0.389. The summed E-state index contributed by atoms with van der Waals surface area (Å²) < 4.78 is 7.55. The van der Waals surface area contributed by atoms with Gasteiger partial charge in [0.1, 0.15) is 0 Å². The van der Waals surface area contributed by atoms with Gasteiger partial charge in [0.25, 0.3) is 0 Å². The van der Waals surface area contributed by atoms with Crippen LogP contribution in [0.1, 0.15) is 33.1 Å². The van der Waals surface area contributed by atoms with Gasteiger partial charge in [0.05, 0.1) is 23.8 Å². The monoisotopic (exact) mass is 328 g/mol. The van der Waals surface area contributed by atoms with Crippen LogP contribution in [0.5, 0.6) is 5.88 Å². The number of hydrogen-bond donors (Lipinski definition) is 1. The largest absolute Gasteiger partial charge is 0.478 e. The average Bonchev–Trinajstić information content (AvgIpc) is 2.61. The maximum atomic E-state index is 11.7. The lowest BCUT2D eigenvalue weighted by Gasteiger charge is -2.13. The van der Waals surface area contributed by atoms with Crippen molar-refractivity contribution in [3.8, 4) is 11.6 Å². The van der Waals surface area contributed by atoms with Crippen LogP contribution in [0.15, 0.2) is 47.6 Å². The minimum Gasteiger partial charge on any atom is -0.478 e. The highest BCUT2D eigenvalue weighted by Gasteiger charge is 2.06. The van der Waals surface area contributed by atoms with Crippen molar-refractivity contribution < 1.29 is 9.53 Å². The lowest BCUT2D eigenvalue weighted by atomic mass is 10.3. The van der Waals surface area contributed by atoms with E-state index in [4.69, 9.17) is 4.74 Å². The molecule has 0 fully saturated rings. The second-order valence-electron chi connectivity index (χ2n) is 5.35. The zero-order chi connectivity index (χ0) is 17.2. The number of unbranched alkanes of at least 4 members (excludes halogenated alkanes) is 1. The highest BCUT2D eigenvalue weighted by atomic mass is 16.5. The standard InChI is InChI=1S/C18H24N4O2/c1-3-5-12-24-17-13-15(21-18(23)19-11-4-2)14-20-22(17)16-9-7-6-8-10-16/h6-10,13-14H,3-5,11-12H2,1-2H3,(H,19,23). The molecule has 0 aliphatic heterocycles. The van der Waals surface area contributed by atoms with E-state index in [9.17, 15) is 4.79 Å². The molecule has 2 rings (SSSR count). The van der Waals surface area contributed by atoms with Gasteiger partial charge in [0.2, 0.25) is 5.88 Å². The predicted molar refractivity (Wildman–Crippen MR) is 93.2 cm³/mol. The van der Waals surface area contributed by atoms with Crippen LogP contribution in [-0.2, 0) is 0 Å². The molecule has 0 saturated heterocycles. The van der Waals surface area contributed by atoms with Crippen molar-refractivity contribution in [1.82, 2.24) is 15.1 Å². The molecule has 0 radical (unpaired) electrons. The Bertz CT molecular complexity index is 710. The Labute approximate surface area is 142 Å². The molecule has 24 heavy (non-hydrogen) atoms. The molecule has 0 aliphatic carbocycles. The van der Waals surface area contributed by atoms with Crippen molar-refractivity contribution in [2.75, 3.05) is 13.2 Å². The molecule has 128 valence electrons. The number of benzene rings is 1. The van der Waals surface area contributed by atoms with E-state index in [2.05, 4.69) is 22.3 Å². The molecular weight excluding hydrogens is 304 g/mol. The molecule has 0 unspecified atom stereocenters. The third-order valence-corrected chi connectivity index (χ3v) is 3.29. The third-order valence-electron chi connectivity index (χ3n) is 3.29. The van der Waals surface area contributed by atoms with Crippen LogP contribution < -0.4 is 15.4 Å². The molecule has 1 aromatic carbocycles. The Morgan fingerprint density at radius 3 is 2.75 bits per heavy atom. The maximum Gasteiger partial charge on any atom is 0.341 e. The first-order valence-electron chi connectivity index (χ1n) is 8.34. The van der Waals surface area contributed by atoms with Crippen molar-refractivity contribution in [2.45, 2.75) is 33.1 Å². The summed E-state index contributed by atoms with van der Waals surface area (Å²) in [6, 6.07) is 11.1. The molecule has 0 bridgehead atoms. The number of ether oxygens (including phenoxy) is 1. The van der Waals surface area contributed by atoms with Gasteiger partial charge in [-0.25, -0.2) is 9.48 Å². The quantitative estimate of drug-likeness (QED) is 0.794. The van der Waals surface area contributed by atoms with Gasteiger partial charge in [-0.2, -0.15) is 10.1 Å². The van der Waals surface area contributed by atoms with Crippen LogP contribution in [0.4, 0.5) is 4.79 Å². The number of urea groups is 1. The van der Waals surface area contributed by atoms with E-state index in [-0.39, 0.29) is 6.03 Å². The molecule has 0 atom stereocenters. The lowest BCUT2D eigenvalue weighted by Crippen LogP contribution is -2.23. The third kappa shape index (κ3) is 5.22. The normalized spacial score (nSPS) is 11.3. The molecule has 0 saturated carbocycles. The molecule has 1 N–H and O–H groups in total. The molecule has 1 aromatic heterocycles. The van der Waals surface area contributed by atoms with E-state index in [1.807, 2.05) is 37.3 Å². The Morgan fingerprint density at radius 1 is 1.25 bits per heavy atom. The zero-order valence-electron chi connectivity index (χ0n) is 14.2. The lowest BCUT2D eigenvalue weighted by molar-refractivity contribution is 0.248. The summed E-state index contributed by atoms with van der Waals surface area (Å²) in [5, 5.41) is 7.57. The van der Waals surface area contributed by atoms with Gasteiger partial charge in [-0.15, -0.1) is 0 Å². The second-order valence-corrected chi connectivity index (χ2v) is 5.35. The maximum absolute atomic E-state index is 11.7. The fourth-order valence-corrected chi connectivity index (χ4v) is 2.04. The minimum atomic E-state index is -0.365. The first-order valence-corrected chi connectivity index (χ1v) is 8.34. The van der Waals surface area contributed by atoms with E-state index < -0.39 is 0 Å². The number of hydrogen-bond acceptors (Lipinski definition) is 3. The summed E-state index contributed by atoms with van der Waals surface area (Å²) >= 11 is 0. The van der Waals surface area contributed by atoms with Gasteiger partial charge >= 0.3 is 6.03 Å². The Kier molecular flexibility index (Phi) is 7.01. The highest BCUT2D eigenvalue weighted by Crippen LogP contribution is 2.14. The number of carbonyl (C=O) groups excluding carboxylic acids is 1. The highest BCUT2D eigenvalue weighted by molar-refractivity contribution is 5.74. The van der Waals surface area contributed by atoms with E-state index in [0.717, 1.165) is 24.9 Å². The van der Waals surface area contributed by atoms with Crippen LogP contribution in [0.2, 0.25) is 0 Å². The number of para-hydroxylation sites is 1. The van der Waals surface area contributed by atoms with E-state index >= 15 is 0 Å². The summed E-state index contributed by atoms with van der Waals surface area (Å²) in [5.41, 5.74) is 0.894. The number of amides is 2. The molecule has 6 heteroatoms. The van der Waals surface area contributed by atoms with E-state index in [1.165, 1.54) is 0 Å². The summed E-state index contributed by atoms with van der Waals surface area (Å²) in [5.74, 6) is 0.569. The SMILES string of the molecule is CCCCOc1cc(=NC(=O)NCCC)cnn1-c1ccccc1. The average molecular weight is 328 g/mol. The van der Waals surface area contributed by atoms with Gasteiger partial charge < -0.3 is 10.1 Å². The summed E-state index contributed by atoms with van der Waals surface area (Å²) in [6.45, 7) is 5.30. The Balaban J connectivity index is 2.31. The molecule has 2 amide bonds. The number of aromatic nitrogens is 2. The Hall–Kier alpha value is -2.63. The summed E-state index contributed by atoms with van der Waals surface area (Å²) in [6.07, 6.45) is 4.42. The van der Waals surface area contributed by atoms with Crippen molar-refractivity contribution in [2.24, 2.45) is 4.99 Å². The topological polar surface area (TPSA) is 68.5 Å². The van der Waals surface area contributed by atoms with Gasteiger partial charge in [-0.3, -0.25) is 0 Å². The minimum absolute atomic E-state index is 0.365. The Morgan fingerprint density at radius 2 is 2.04 bits per heavy atom. The van der Waals surface area contributed by atoms with Crippen LogP contribution in [-0.4, -0.2) is 29.0 Å². The van der Waals surface area contributed by atoms with Gasteiger partial charge in [0, 0.05) is 12.6 Å². The van der Waals surface area contributed by atoms with Crippen molar-refractivity contribution in [3.05, 3.63) is 48.0 Å². The summed E-state index contributed by atoms with van der Waals surface area (Å²) in [7, 11) is 0. The van der Waals surface area contributed by atoms with Gasteiger partial charge in [-0.05, 0) is 25.0 Å². The van der Waals surface area contributed by atoms with Crippen molar-refractivity contribution in [3.63, 3.8) is 0 Å².